The Morgan fingerprint density at radius 3 is 2.47 bits per heavy atom. The van der Waals surface area contributed by atoms with Crippen molar-refractivity contribution in [3.63, 3.8) is 0 Å². The lowest BCUT2D eigenvalue weighted by atomic mass is 10.1. The molecule has 0 N–H and O–H groups in total. The van der Waals surface area contributed by atoms with Crippen molar-refractivity contribution in [2.24, 2.45) is 5.92 Å². The van der Waals surface area contributed by atoms with Crippen molar-refractivity contribution in [3.05, 3.63) is 29.3 Å². The summed E-state index contributed by atoms with van der Waals surface area (Å²) in [5.41, 5.74) is 0.131. The number of benzene rings is 1. The van der Waals surface area contributed by atoms with Crippen LogP contribution in [0.2, 0.25) is 0 Å². The highest BCUT2D eigenvalue weighted by Gasteiger charge is 2.37. The fraction of sp³-hybridized carbons (Fsp3) is 0.571. The van der Waals surface area contributed by atoms with Crippen molar-refractivity contribution < 1.29 is 13.2 Å². The van der Waals surface area contributed by atoms with Gasteiger partial charge < -0.3 is 4.90 Å². The highest BCUT2D eigenvalue weighted by atomic mass is 35.5. The molecule has 1 nitrogen and oxygen atoms in total. The molecule has 0 amide bonds. The summed E-state index contributed by atoms with van der Waals surface area (Å²) in [6.45, 7) is 1.98. The second kappa shape index (κ2) is 5.23. The molecule has 106 valence electrons. The molecule has 1 unspecified atom stereocenters. The fourth-order valence-electron chi connectivity index (χ4n) is 2.32. The smallest absolute Gasteiger partial charge is 0.371 e. The van der Waals surface area contributed by atoms with E-state index >= 15 is 0 Å². The van der Waals surface area contributed by atoms with E-state index in [1.807, 2.05) is 6.92 Å². The quantitative estimate of drug-likeness (QED) is 0.728. The lowest BCUT2D eigenvalue weighted by Crippen LogP contribution is -2.32. The second-order valence-corrected chi connectivity index (χ2v) is 5.44. The van der Waals surface area contributed by atoms with Gasteiger partial charge in [0.15, 0.2) is 0 Å². The third-order valence-corrected chi connectivity index (χ3v) is 4.12. The standard InChI is InChI=1S/C14H17ClF3N/c1-9(11-4-5-11)19(2)13-6-3-10(8-15)7-12(13)14(16,17)18/h3,6-7,9,11H,4-5,8H2,1-2H3. The maximum Gasteiger partial charge on any atom is 0.418 e. The van der Waals surface area contributed by atoms with Gasteiger partial charge in [-0.05, 0) is 43.4 Å². The van der Waals surface area contributed by atoms with Crippen LogP contribution in [0.15, 0.2) is 18.2 Å². The second-order valence-electron chi connectivity index (χ2n) is 5.17. The van der Waals surface area contributed by atoms with Crippen molar-refractivity contribution in [2.75, 3.05) is 11.9 Å². The zero-order valence-electron chi connectivity index (χ0n) is 11.0. The number of hydrogen-bond acceptors (Lipinski definition) is 1. The van der Waals surface area contributed by atoms with E-state index in [0.29, 0.717) is 11.5 Å². The third-order valence-electron chi connectivity index (χ3n) is 3.82. The Labute approximate surface area is 116 Å². The fourth-order valence-corrected chi connectivity index (χ4v) is 2.48. The summed E-state index contributed by atoms with van der Waals surface area (Å²) >= 11 is 5.62. The summed E-state index contributed by atoms with van der Waals surface area (Å²) in [7, 11) is 1.73. The predicted octanol–water partition coefficient (Wildman–Crippen LogP) is 4.68. The molecule has 0 aromatic heterocycles. The maximum atomic E-state index is 13.1. The van der Waals surface area contributed by atoms with Gasteiger partial charge in [0.05, 0.1) is 5.56 Å². The average Bonchev–Trinajstić information content (AvgIpc) is 3.19. The number of anilines is 1. The molecule has 19 heavy (non-hydrogen) atoms. The molecule has 1 aromatic carbocycles. The largest absolute Gasteiger partial charge is 0.418 e. The first-order chi connectivity index (χ1) is 8.84. The maximum absolute atomic E-state index is 13.1. The third kappa shape index (κ3) is 3.16. The van der Waals surface area contributed by atoms with Crippen LogP contribution in [-0.4, -0.2) is 13.1 Å². The van der Waals surface area contributed by atoms with Crippen LogP contribution in [0.3, 0.4) is 0 Å². The number of rotatable bonds is 4. The Kier molecular flexibility index (Phi) is 4.00. The highest BCUT2D eigenvalue weighted by molar-refractivity contribution is 6.17. The lowest BCUT2D eigenvalue weighted by molar-refractivity contribution is -0.137. The van der Waals surface area contributed by atoms with Crippen molar-refractivity contribution in [1.29, 1.82) is 0 Å². The molecule has 0 bridgehead atoms. The predicted molar refractivity (Wildman–Crippen MR) is 71.6 cm³/mol. The SMILES string of the molecule is CC(C1CC1)N(C)c1ccc(CCl)cc1C(F)(F)F. The van der Waals surface area contributed by atoms with Gasteiger partial charge in [0.2, 0.25) is 0 Å². The molecule has 0 radical (unpaired) electrons. The van der Waals surface area contributed by atoms with E-state index in [1.54, 1.807) is 18.0 Å². The van der Waals surface area contributed by atoms with Crippen molar-refractivity contribution >= 4 is 17.3 Å². The zero-order chi connectivity index (χ0) is 14.2. The van der Waals surface area contributed by atoms with E-state index in [4.69, 9.17) is 11.6 Å². The van der Waals surface area contributed by atoms with E-state index in [0.717, 1.165) is 18.9 Å². The van der Waals surface area contributed by atoms with Gasteiger partial charge in [-0.25, -0.2) is 0 Å². The normalized spacial score (nSPS) is 17.4. The Hall–Kier alpha value is -0.900. The van der Waals surface area contributed by atoms with Crippen molar-refractivity contribution in [3.8, 4) is 0 Å². The molecule has 1 atom stereocenters. The van der Waals surface area contributed by atoms with Crippen molar-refractivity contribution in [1.82, 2.24) is 0 Å². The molecule has 0 spiro atoms. The van der Waals surface area contributed by atoms with Crippen LogP contribution >= 0.6 is 11.6 Å². The summed E-state index contributed by atoms with van der Waals surface area (Å²) in [6.07, 6.45) is -2.14. The first-order valence-corrected chi connectivity index (χ1v) is 6.87. The van der Waals surface area contributed by atoms with E-state index in [2.05, 4.69) is 0 Å². The molecular weight excluding hydrogens is 275 g/mol. The van der Waals surface area contributed by atoms with Gasteiger partial charge in [0.25, 0.3) is 0 Å². The van der Waals surface area contributed by atoms with Gasteiger partial charge in [-0.2, -0.15) is 13.2 Å². The molecule has 1 aliphatic rings. The van der Waals surface area contributed by atoms with Gasteiger partial charge >= 0.3 is 6.18 Å². The van der Waals surface area contributed by atoms with E-state index < -0.39 is 11.7 Å². The number of nitrogens with zero attached hydrogens (tertiary/aromatic N) is 1. The summed E-state index contributed by atoms with van der Waals surface area (Å²) in [5.74, 6) is 0.601. The van der Waals surface area contributed by atoms with Gasteiger partial charge in [0, 0.05) is 24.7 Å². The van der Waals surface area contributed by atoms with Gasteiger partial charge in [-0.15, -0.1) is 11.6 Å². The Balaban J connectivity index is 2.37. The van der Waals surface area contributed by atoms with Crippen LogP contribution in [0.25, 0.3) is 0 Å². The first kappa shape index (κ1) is 14.5. The minimum Gasteiger partial charge on any atom is -0.371 e. The van der Waals surface area contributed by atoms with E-state index in [1.165, 1.54) is 6.07 Å². The lowest BCUT2D eigenvalue weighted by Gasteiger charge is -2.30. The van der Waals surface area contributed by atoms with E-state index in [9.17, 15) is 13.2 Å². The molecule has 1 aliphatic carbocycles. The Morgan fingerprint density at radius 2 is 2.00 bits per heavy atom. The summed E-state index contributed by atoms with van der Waals surface area (Å²) in [5, 5.41) is 0. The number of alkyl halides is 4. The Morgan fingerprint density at radius 1 is 1.37 bits per heavy atom. The molecule has 0 aliphatic heterocycles. The molecule has 2 rings (SSSR count). The van der Waals surface area contributed by atoms with Crippen LogP contribution in [0.5, 0.6) is 0 Å². The average molecular weight is 292 g/mol. The topological polar surface area (TPSA) is 3.24 Å². The molecular formula is C14H17ClF3N. The van der Waals surface area contributed by atoms with Crippen LogP contribution in [-0.2, 0) is 12.1 Å². The number of hydrogen-bond donors (Lipinski definition) is 0. The summed E-state index contributed by atoms with van der Waals surface area (Å²) in [6, 6.07) is 4.47. The molecule has 1 aromatic rings. The molecule has 1 saturated carbocycles. The summed E-state index contributed by atoms with van der Waals surface area (Å²) < 4.78 is 39.4. The van der Waals surface area contributed by atoms with Crippen molar-refractivity contribution in [2.45, 2.75) is 37.9 Å². The Bertz CT molecular complexity index is 454. The highest BCUT2D eigenvalue weighted by Crippen LogP contribution is 2.41. The summed E-state index contributed by atoms with van der Waals surface area (Å²) in [4.78, 5) is 1.73. The van der Waals surface area contributed by atoms with Crippen LogP contribution in [0.4, 0.5) is 18.9 Å². The zero-order valence-corrected chi connectivity index (χ0v) is 11.7. The monoisotopic (exact) mass is 291 g/mol. The van der Waals surface area contributed by atoms with E-state index in [-0.39, 0.29) is 17.6 Å². The van der Waals surface area contributed by atoms with Gasteiger partial charge in [0.1, 0.15) is 0 Å². The number of halogens is 4. The first-order valence-electron chi connectivity index (χ1n) is 6.33. The molecule has 5 heteroatoms. The van der Waals surface area contributed by atoms with Crippen LogP contribution < -0.4 is 4.90 Å². The van der Waals surface area contributed by atoms with Crippen LogP contribution in [0, 0.1) is 5.92 Å². The molecule has 1 fully saturated rings. The van der Waals surface area contributed by atoms with Gasteiger partial charge in [-0.3, -0.25) is 0 Å². The van der Waals surface area contributed by atoms with Gasteiger partial charge in [-0.1, -0.05) is 6.07 Å². The van der Waals surface area contributed by atoms with Crippen LogP contribution in [0.1, 0.15) is 30.9 Å². The molecule has 0 saturated heterocycles. The minimum atomic E-state index is -4.35. The minimum absolute atomic E-state index is 0.0885. The molecule has 0 heterocycles.